The van der Waals surface area contributed by atoms with E-state index < -0.39 is 0 Å². The van der Waals surface area contributed by atoms with Crippen LogP contribution in [-0.4, -0.2) is 16.3 Å². The average Bonchev–Trinajstić information content (AvgIpc) is 2.87. The van der Waals surface area contributed by atoms with Crippen molar-refractivity contribution in [2.24, 2.45) is 0 Å². The first-order valence-corrected chi connectivity index (χ1v) is 8.62. The lowest BCUT2D eigenvalue weighted by Gasteiger charge is -2.06. The Morgan fingerprint density at radius 3 is 2.25 bits per heavy atom. The number of hydrogen-bond acceptors (Lipinski definition) is 2. The van der Waals surface area contributed by atoms with Crippen molar-refractivity contribution in [3.05, 3.63) is 88.2 Å². The molecule has 0 saturated carbocycles. The molecule has 1 N–H and O–H groups in total. The summed E-state index contributed by atoms with van der Waals surface area (Å²) in [4.78, 5) is 0. The van der Waals surface area contributed by atoms with Gasteiger partial charge in [0.25, 0.3) is 0 Å². The maximum atomic E-state index is 6.54. The van der Waals surface area contributed by atoms with E-state index in [0.717, 1.165) is 35.9 Å². The zero-order chi connectivity index (χ0) is 16.8. The van der Waals surface area contributed by atoms with Crippen molar-refractivity contribution in [2.45, 2.75) is 26.4 Å². The largest absolute Gasteiger partial charge is 0.312 e. The van der Waals surface area contributed by atoms with Gasteiger partial charge in [-0.05, 0) is 31.0 Å². The molecule has 1 aromatic heterocycles. The molecule has 3 rings (SSSR count). The molecule has 124 valence electrons. The highest BCUT2D eigenvalue weighted by molar-refractivity contribution is 6.30. The summed E-state index contributed by atoms with van der Waals surface area (Å²) in [7, 11) is 0. The number of halogens is 1. The van der Waals surface area contributed by atoms with Gasteiger partial charge in [0.15, 0.2) is 0 Å². The van der Waals surface area contributed by atoms with E-state index in [1.54, 1.807) is 0 Å². The van der Waals surface area contributed by atoms with Crippen LogP contribution in [0.1, 0.15) is 22.4 Å². The van der Waals surface area contributed by atoms with Crippen LogP contribution in [0.25, 0.3) is 0 Å². The van der Waals surface area contributed by atoms with Gasteiger partial charge < -0.3 is 5.32 Å². The Bertz CT molecular complexity index is 766. The number of rotatable bonds is 7. The van der Waals surface area contributed by atoms with Crippen LogP contribution in [0, 0.1) is 6.92 Å². The van der Waals surface area contributed by atoms with E-state index in [2.05, 4.69) is 46.8 Å². The Morgan fingerprint density at radius 2 is 1.58 bits per heavy atom. The monoisotopic (exact) mass is 339 g/mol. The fourth-order valence-electron chi connectivity index (χ4n) is 2.74. The predicted molar refractivity (Wildman–Crippen MR) is 99.4 cm³/mol. The molecule has 0 saturated heterocycles. The van der Waals surface area contributed by atoms with E-state index in [-0.39, 0.29) is 0 Å². The summed E-state index contributed by atoms with van der Waals surface area (Å²) in [6.07, 6.45) is 1.01. The van der Waals surface area contributed by atoms with Crippen LogP contribution in [0.2, 0.25) is 5.15 Å². The standard InChI is InChI=1S/C20H22ClN3/c1-16-19(14-22-13-12-17-8-4-2-5-9-17)20(21)24(23-16)15-18-10-6-3-7-11-18/h2-11,22H,12-15H2,1H3. The van der Waals surface area contributed by atoms with Crippen LogP contribution < -0.4 is 5.32 Å². The molecule has 0 unspecified atom stereocenters. The summed E-state index contributed by atoms with van der Waals surface area (Å²) in [5.74, 6) is 0. The highest BCUT2D eigenvalue weighted by atomic mass is 35.5. The zero-order valence-electron chi connectivity index (χ0n) is 13.9. The first-order valence-electron chi connectivity index (χ1n) is 8.24. The van der Waals surface area contributed by atoms with Gasteiger partial charge in [0.2, 0.25) is 0 Å². The lowest BCUT2D eigenvalue weighted by molar-refractivity contribution is 0.675. The number of benzene rings is 2. The summed E-state index contributed by atoms with van der Waals surface area (Å²) in [5.41, 5.74) is 4.61. The van der Waals surface area contributed by atoms with Crippen molar-refractivity contribution in [3.8, 4) is 0 Å². The van der Waals surface area contributed by atoms with Crippen molar-refractivity contribution >= 4 is 11.6 Å². The van der Waals surface area contributed by atoms with Gasteiger partial charge in [0.1, 0.15) is 5.15 Å². The Kier molecular flexibility index (Phi) is 5.68. The topological polar surface area (TPSA) is 29.9 Å². The number of hydrogen-bond donors (Lipinski definition) is 1. The van der Waals surface area contributed by atoms with E-state index in [0.29, 0.717) is 6.54 Å². The first kappa shape index (κ1) is 16.7. The minimum Gasteiger partial charge on any atom is -0.312 e. The smallest absolute Gasteiger partial charge is 0.132 e. The molecule has 2 aromatic carbocycles. The molecule has 0 spiro atoms. The quantitative estimate of drug-likeness (QED) is 0.653. The van der Waals surface area contributed by atoms with Crippen molar-refractivity contribution < 1.29 is 0 Å². The van der Waals surface area contributed by atoms with E-state index >= 15 is 0 Å². The molecule has 3 aromatic rings. The fourth-order valence-corrected chi connectivity index (χ4v) is 3.04. The average molecular weight is 340 g/mol. The molecule has 24 heavy (non-hydrogen) atoms. The van der Waals surface area contributed by atoms with Gasteiger partial charge in [0.05, 0.1) is 12.2 Å². The third-order valence-electron chi connectivity index (χ3n) is 4.09. The summed E-state index contributed by atoms with van der Waals surface area (Å²) in [6, 6.07) is 20.7. The molecule has 0 radical (unpaired) electrons. The van der Waals surface area contributed by atoms with Crippen LogP contribution in [0.5, 0.6) is 0 Å². The maximum absolute atomic E-state index is 6.54. The Labute approximate surface area is 148 Å². The van der Waals surface area contributed by atoms with Crippen LogP contribution in [0.15, 0.2) is 60.7 Å². The number of nitrogens with zero attached hydrogens (tertiary/aromatic N) is 2. The third-order valence-corrected chi connectivity index (χ3v) is 4.52. The molecule has 0 aliphatic rings. The van der Waals surface area contributed by atoms with E-state index in [9.17, 15) is 0 Å². The van der Waals surface area contributed by atoms with Crippen LogP contribution in [-0.2, 0) is 19.5 Å². The van der Waals surface area contributed by atoms with Gasteiger partial charge >= 0.3 is 0 Å². The number of aryl methyl sites for hydroxylation is 1. The van der Waals surface area contributed by atoms with Crippen molar-refractivity contribution in [2.75, 3.05) is 6.54 Å². The minimum absolute atomic E-state index is 0.699. The summed E-state index contributed by atoms with van der Waals surface area (Å²) in [5, 5.41) is 8.78. The third kappa shape index (κ3) is 4.25. The second kappa shape index (κ2) is 8.13. The van der Waals surface area contributed by atoms with Crippen LogP contribution in [0.4, 0.5) is 0 Å². The SMILES string of the molecule is Cc1nn(Cc2ccccc2)c(Cl)c1CNCCc1ccccc1. The van der Waals surface area contributed by atoms with E-state index in [1.165, 1.54) is 11.1 Å². The molecule has 0 atom stereocenters. The zero-order valence-corrected chi connectivity index (χ0v) is 14.6. The lowest BCUT2D eigenvalue weighted by Crippen LogP contribution is -2.17. The second-order valence-electron chi connectivity index (χ2n) is 5.91. The molecule has 0 aliphatic heterocycles. The molecular weight excluding hydrogens is 318 g/mol. The van der Waals surface area contributed by atoms with Gasteiger partial charge in [0, 0.05) is 12.1 Å². The normalized spacial score (nSPS) is 10.9. The molecule has 0 aliphatic carbocycles. The van der Waals surface area contributed by atoms with Crippen LogP contribution in [0.3, 0.4) is 0 Å². The molecule has 0 bridgehead atoms. The second-order valence-corrected chi connectivity index (χ2v) is 6.27. The lowest BCUT2D eigenvalue weighted by atomic mass is 10.1. The van der Waals surface area contributed by atoms with E-state index in [4.69, 9.17) is 11.6 Å². The maximum Gasteiger partial charge on any atom is 0.132 e. The van der Waals surface area contributed by atoms with Gasteiger partial charge in [-0.3, -0.25) is 0 Å². The first-order chi connectivity index (χ1) is 11.7. The molecule has 0 amide bonds. The minimum atomic E-state index is 0.699. The van der Waals surface area contributed by atoms with E-state index in [1.807, 2.05) is 35.9 Å². The van der Waals surface area contributed by atoms with Crippen molar-refractivity contribution in [3.63, 3.8) is 0 Å². The van der Waals surface area contributed by atoms with Gasteiger partial charge in [-0.2, -0.15) is 5.10 Å². The Balaban J connectivity index is 1.58. The number of nitrogens with one attached hydrogen (secondary N) is 1. The molecule has 1 heterocycles. The van der Waals surface area contributed by atoms with Gasteiger partial charge in [-0.1, -0.05) is 72.3 Å². The molecule has 0 fully saturated rings. The van der Waals surface area contributed by atoms with Crippen molar-refractivity contribution in [1.82, 2.24) is 15.1 Å². The Morgan fingerprint density at radius 1 is 0.958 bits per heavy atom. The number of aromatic nitrogens is 2. The highest BCUT2D eigenvalue weighted by Crippen LogP contribution is 2.20. The summed E-state index contributed by atoms with van der Waals surface area (Å²) < 4.78 is 1.88. The fraction of sp³-hybridized carbons (Fsp3) is 0.250. The van der Waals surface area contributed by atoms with Crippen LogP contribution >= 0.6 is 11.6 Å². The Hall–Kier alpha value is -2.10. The molecular formula is C20H22ClN3. The summed E-state index contributed by atoms with van der Waals surface area (Å²) in [6.45, 7) is 4.38. The molecule has 4 heteroatoms. The highest BCUT2D eigenvalue weighted by Gasteiger charge is 2.13. The van der Waals surface area contributed by atoms with Gasteiger partial charge in [-0.25, -0.2) is 4.68 Å². The predicted octanol–water partition coefficient (Wildman–Crippen LogP) is 4.23. The molecule has 3 nitrogen and oxygen atoms in total. The van der Waals surface area contributed by atoms with Gasteiger partial charge in [-0.15, -0.1) is 0 Å². The van der Waals surface area contributed by atoms with Crippen molar-refractivity contribution in [1.29, 1.82) is 0 Å². The summed E-state index contributed by atoms with van der Waals surface area (Å²) >= 11 is 6.54.